The molecule has 0 unspecified atom stereocenters. The third kappa shape index (κ3) is 7.81. The highest BCUT2D eigenvalue weighted by atomic mass is 32.2. The predicted molar refractivity (Wildman–Crippen MR) is 149 cm³/mol. The van der Waals surface area contributed by atoms with Crippen LogP contribution in [-0.2, 0) is 26.2 Å². The highest BCUT2D eigenvalue weighted by Crippen LogP contribution is 2.23. The number of anilines is 1. The maximum absolute atomic E-state index is 13.7. The van der Waals surface area contributed by atoms with Crippen LogP contribution in [0.25, 0.3) is 0 Å². The zero-order chi connectivity index (χ0) is 27.2. The van der Waals surface area contributed by atoms with Crippen molar-refractivity contribution < 1.29 is 18.0 Å². The molecule has 1 saturated carbocycles. The zero-order valence-corrected chi connectivity index (χ0v) is 23.6. The van der Waals surface area contributed by atoms with Gasteiger partial charge in [0.15, 0.2) is 0 Å². The van der Waals surface area contributed by atoms with Crippen LogP contribution in [-0.4, -0.2) is 50.0 Å². The Morgan fingerprint density at radius 1 is 0.973 bits per heavy atom. The van der Waals surface area contributed by atoms with Crippen LogP contribution >= 0.6 is 0 Å². The maximum Gasteiger partial charge on any atom is 0.244 e. The fraction of sp³-hybridized carbons (Fsp3) is 0.517. The van der Waals surface area contributed by atoms with Crippen molar-refractivity contribution in [1.82, 2.24) is 10.2 Å². The first-order valence-corrected chi connectivity index (χ1v) is 15.0. The Balaban J connectivity index is 1.87. The van der Waals surface area contributed by atoms with E-state index in [1.54, 1.807) is 19.1 Å². The molecule has 202 valence electrons. The van der Waals surface area contributed by atoms with E-state index in [-0.39, 0.29) is 25.0 Å². The number of hydrogen-bond acceptors (Lipinski definition) is 4. The van der Waals surface area contributed by atoms with Crippen LogP contribution in [0.5, 0.6) is 0 Å². The van der Waals surface area contributed by atoms with E-state index < -0.39 is 22.0 Å². The van der Waals surface area contributed by atoms with Crippen LogP contribution in [0.3, 0.4) is 0 Å². The van der Waals surface area contributed by atoms with E-state index in [0.29, 0.717) is 11.6 Å². The largest absolute Gasteiger partial charge is 0.352 e. The molecule has 0 spiro atoms. The third-order valence-electron chi connectivity index (χ3n) is 7.25. The number of rotatable bonds is 10. The lowest BCUT2D eigenvalue weighted by atomic mass is 9.95. The highest BCUT2D eigenvalue weighted by Gasteiger charge is 2.31. The van der Waals surface area contributed by atoms with E-state index >= 15 is 0 Å². The van der Waals surface area contributed by atoms with Gasteiger partial charge in [-0.25, -0.2) is 8.42 Å². The molecule has 2 amide bonds. The standard InChI is InChI=1S/C29H41N3O4S/c1-21(2)24-15-17-27(18-16-24)32(37(5,35)36)20-28(33)31(19-25-12-10-9-11-22(25)3)23(4)29(34)30-26-13-7-6-8-14-26/h9-12,15-18,21,23,26H,6-8,13-14,19-20H2,1-5H3,(H,30,34)/t23-/m1/s1. The van der Waals surface area contributed by atoms with Crippen molar-refractivity contribution in [3.63, 3.8) is 0 Å². The summed E-state index contributed by atoms with van der Waals surface area (Å²) in [4.78, 5) is 28.5. The molecule has 2 aromatic rings. The number of nitrogens with zero attached hydrogens (tertiary/aromatic N) is 2. The third-order valence-corrected chi connectivity index (χ3v) is 8.39. The van der Waals surface area contributed by atoms with Crippen LogP contribution in [0.4, 0.5) is 5.69 Å². The summed E-state index contributed by atoms with van der Waals surface area (Å²) in [7, 11) is -3.74. The molecular formula is C29H41N3O4S. The van der Waals surface area contributed by atoms with Crippen LogP contribution in [0, 0.1) is 6.92 Å². The summed E-state index contributed by atoms with van der Waals surface area (Å²) in [6.07, 6.45) is 6.34. The summed E-state index contributed by atoms with van der Waals surface area (Å²) in [5.74, 6) is -0.329. The van der Waals surface area contributed by atoms with Gasteiger partial charge in [-0.15, -0.1) is 0 Å². The van der Waals surface area contributed by atoms with Gasteiger partial charge < -0.3 is 10.2 Å². The Bertz CT molecular complexity index is 1170. The molecule has 1 N–H and O–H groups in total. The van der Waals surface area contributed by atoms with Crippen molar-refractivity contribution in [1.29, 1.82) is 0 Å². The topological polar surface area (TPSA) is 86.8 Å². The normalized spacial score (nSPS) is 15.3. The summed E-state index contributed by atoms with van der Waals surface area (Å²) in [6.45, 7) is 7.65. The van der Waals surface area contributed by atoms with Crippen LogP contribution in [0.15, 0.2) is 48.5 Å². The van der Waals surface area contributed by atoms with E-state index in [0.717, 1.165) is 52.9 Å². The SMILES string of the molecule is Cc1ccccc1CN(C(=O)CN(c1ccc(C(C)C)cc1)S(C)(=O)=O)[C@H](C)C(=O)NC1CCCCC1. The Hall–Kier alpha value is -2.87. The van der Waals surface area contributed by atoms with Gasteiger partial charge in [0.2, 0.25) is 21.8 Å². The predicted octanol–water partition coefficient (Wildman–Crippen LogP) is 4.75. The quantitative estimate of drug-likeness (QED) is 0.483. The van der Waals surface area contributed by atoms with E-state index in [1.807, 2.05) is 43.3 Å². The summed E-state index contributed by atoms with van der Waals surface area (Å²) in [5, 5.41) is 3.12. The molecule has 0 aromatic heterocycles. The second-order valence-corrected chi connectivity index (χ2v) is 12.4. The number of amides is 2. The van der Waals surface area contributed by atoms with Gasteiger partial charge in [0, 0.05) is 12.6 Å². The van der Waals surface area contributed by atoms with Gasteiger partial charge >= 0.3 is 0 Å². The Kier molecular flexibility index (Phi) is 9.76. The molecule has 2 aromatic carbocycles. The molecule has 0 bridgehead atoms. The van der Waals surface area contributed by atoms with Crippen molar-refractivity contribution in [3.05, 3.63) is 65.2 Å². The van der Waals surface area contributed by atoms with Gasteiger partial charge in [0.25, 0.3) is 0 Å². The zero-order valence-electron chi connectivity index (χ0n) is 22.7. The molecule has 0 saturated heterocycles. The van der Waals surface area contributed by atoms with Crippen molar-refractivity contribution in [2.75, 3.05) is 17.1 Å². The number of carbonyl (C=O) groups is 2. The molecule has 1 aliphatic rings. The van der Waals surface area contributed by atoms with Crippen LogP contribution in [0.1, 0.15) is 75.5 Å². The van der Waals surface area contributed by atoms with Gasteiger partial charge in [0.05, 0.1) is 11.9 Å². The van der Waals surface area contributed by atoms with Gasteiger partial charge in [-0.05, 0) is 61.4 Å². The number of hydrogen-bond donors (Lipinski definition) is 1. The lowest BCUT2D eigenvalue weighted by Crippen LogP contribution is -2.53. The number of nitrogens with one attached hydrogen (secondary N) is 1. The number of aryl methyl sites for hydroxylation is 1. The fourth-order valence-corrected chi connectivity index (χ4v) is 5.61. The molecule has 0 aliphatic heterocycles. The number of benzene rings is 2. The minimum atomic E-state index is -3.74. The molecule has 37 heavy (non-hydrogen) atoms. The van der Waals surface area contributed by atoms with Crippen LogP contribution in [0.2, 0.25) is 0 Å². The summed E-state index contributed by atoms with van der Waals surface area (Å²) in [5.41, 5.74) is 3.43. The molecule has 1 atom stereocenters. The summed E-state index contributed by atoms with van der Waals surface area (Å²) in [6, 6.07) is 14.3. The van der Waals surface area contributed by atoms with E-state index in [9.17, 15) is 18.0 Å². The second kappa shape index (κ2) is 12.6. The molecule has 1 aliphatic carbocycles. The van der Waals surface area contributed by atoms with Gasteiger partial charge in [-0.1, -0.05) is 69.5 Å². The molecule has 0 heterocycles. The minimum Gasteiger partial charge on any atom is -0.352 e. The molecule has 8 heteroatoms. The molecule has 1 fully saturated rings. The number of sulfonamides is 1. The maximum atomic E-state index is 13.7. The molecule has 7 nitrogen and oxygen atoms in total. The van der Waals surface area contributed by atoms with Crippen molar-refractivity contribution >= 4 is 27.5 Å². The monoisotopic (exact) mass is 527 g/mol. The first kappa shape index (κ1) is 28.7. The van der Waals surface area contributed by atoms with E-state index in [1.165, 1.54) is 11.3 Å². The Morgan fingerprint density at radius 2 is 1.59 bits per heavy atom. The molecule has 3 rings (SSSR count). The van der Waals surface area contributed by atoms with Crippen molar-refractivity contribution in [2.24, 2.45) is 0 Å². The smallest absolute Gasteiger partial charge is 0.244 e. The second-order valence-electron chi connectivity index (χ2n) is 10.5. The lowest BCUT2D eigenvalue weighted by Gasteiger charge is -2.33. The van der Waals surface area contributed by atoms with Gasteiger partial charge in [-0.2, -0.15) is 0 Å². The van der Waals surface area contributed by atoms with Crippen LogP contribution < -0.4 is 9.62 Å². The average molecular weight is 528 g/mol. The molecule has 0 radical (unpaired) electrons. The minimum absolute atomic E-state index is 0.117. The average Bonchev–Trinajstić information content (AvgIpc) is 2.86. The molecular weight excluding hydrogens is 486 g/mol. The van der Waals surface area contributed by atoms with E-state index in [4.69, 9.17) is 0 Å². The Morgan fingerprint density at radius 3 is 2.16 bits per heavy atom. The van der Waals surface area contributed by atoms with Gasteiger partial charge in [0.1, 0.15) is 12.6 Å². The highest BCUT2D eigenvalue weighted by molar-refractivity contribution is 7.92. The van der Waals surface area contributed by atoms with Crippen molar-refractivity contribution in [2.45, 2.75) is 84.3 Å². The first-order valence-electron chi connectivity index (χ1n) is 13.2. The Labute approximate surface area is 222 Å². The summed E-state index contributed by atoms with van der Waals surface area (Å²) < 4.78 is 26.6. The summed E-state index contributed by atoms with van der Waals surface area (Å²) >= 11 is 0. The fourth-order valence-electron chi connectivity index (χ4n) is 4.76. The number of carbonyl (C=O) groups excluding carboxylic acids is 2. The van der Waals surface area contributed by atoms with E-state index in [2.05, 4.69) is 19.2 Å². The van der Waals surface area contributed by atoms with Gasteiger partial charge in [-0.3, -0.25) is 13.9 Å². The first-order chi connectivity index (χ1) is 17.5. The lowest BCUT2D eigenvalue weighted by molar-refractivity contribution is -0.139. The van der Waals surface area contributed by atoms with Crippen molar-refractivity contribution in [3.8, 4) is 0 Å².